The number of carbonyl (C=O) groups excluding carboxylic acids is 1. The molecule has 0 saturated heterocycles. The fourth-order valence-corrected chi connectivity index (χ4v) is 1.82. The van der Waals surface area contributed by atoms with E-state index in [9.17, 15) is 4.79 Å². The Morgan fingerprint density at radius 1 is 1.22 bits per heavy atom. The molecule has 0 fully saturated rings. The molecule has 0 aliphatic rings. The largest absolute Gasteiger partial charge is 0.354 e. The van der Waals surface area contributed by atoms with Gasteiger partial charge >= 0.3 is 0 Å². The van der Waals surface area contributed by atoms with E-state index in [0.29, 0.717) is 6.54 Å². The van der Waals surface area contributed by atoms with Gasteiger partial charge in [0.2, 0.25) is 5.91 Å². The van der Waals surface area contributed by atoms with Gasteiger partial charge in [-0.1, -0.05) is 12.1 Å². The Balaban J connectivity index is 2.61. The molecule has 1 amide bonds. The van der Waals surface area contributed by atoms with Crippen LogP contribution in [0.25, 0.3) is 0 Å². The van der Waals surface area contributed by atoms with Crippen LogP contribution in [0.3, 0.4) is 0 Å². The second-order valence-electron chi connectivity index (χ2n) is 5.52. The molecule has 0 unspecified atom stereocenters. The maximum absolute atomic E-state index is 11.6. The standard InChI is InChI=1S/C15H24N2O/c1-10-6-7-13(12(3)11(10)2)8-9-17-14(18)15(4,5)16/h6-7H,8-9,16H2,1-5H3,(H,17,18). The van der Waals surface area contributed by atoms with Crippen molar-refractivity contribution >= 4 is 5.91 Å². The number of aryl methyl sites for hydroxylation is 1. The zero-order valence-corrected chi connectivity index (χ0v) is 12.1. The van der Waals surface area contributed by atoms with Gasteiger partial charge in [0.25, 0.3) is 0 Å². The lowest BCUT2D eigenvalue weighted by molar-refractivity contribution is -0.125. The quantitative estimate of drug-likeness (QED) is 0.856. The van der Waals surface area contributed by atoms with Gasteiger partial charge in [-0.25, -0.2) is 0 Å². The number of rotatable bonds is 4. The van der Waals surface area contributed by atoms with Crippen molar-refractivity contribution in [3.05, 3.63) is 34.4 Å². The van der Waals surface area contributed by atoms with Gasteiger partial charge in [0.15, 0.2) is 0 Å². The monoisotopic (exact) mass is 248 g/mol. The Bertz CT molecular complexity index is 445. The number of carbonyl (C=O) groups is 1. The van der Waals surface area contributed by atoms with Crippen molar-refractivity contribution in [2.45, 2.75) is 46.6 Å². The first-order valence-corrected chi connectivity index (χ1v) is 6.36. The van der Waals surface area contributed by atoms with E-state index in [1.54, 1.807) is 13.8 Å². The number of benzene rings is 1. The smallest absolute Gasteiger partial charge is 0.239 e. The summed E-state index contributed by atoms with van der Waals surface area (Å²) in [6, 6.07) is 4.27. The molecule has 0 spiro atoms. The van der Waals surface area contributed by atoms with Crippen LogP contribution in [-0.4, -0.2) is 18.0 Å². The van der Waals surface area contributed by atoms with Crippen molar-refractivity contribution < 1.29 is 4.79 Å². The minimum Gasteiger partial charge on any atom is -0.354 e. The van der Waals surface area contributed by atoms with Crippen molar-refractivity contribution in [2.24, 2.45) is 5.73 Å². The van der Waals surface area contributed by atoms with Gasteiger partial charge in [-0.3, -0.25) is 4.79 Å². The molecule has 3 heteroatoms. The Morgan fingerprint density at radius 3 is 2.39 bits per heavy atom. The molecule has 3 N–H and O–H groups in total. The van der Waals surface area contributed by atoms with Gasteiger partial charge in [0.1, 0.15) is 0 Å². The fraction of sp³-hybridized carbons (Fsp3) is 0.533. The van der Waals surface area contributed by atoms with Crippen LogP contribution in [0.4, 0.5) is 0 Å². The molecular weight excluding hydrogens is 224 g/mol. The summed E-state index contributed by atoms with van der Waals surface area (Å²) >= 11 is 0. The minimum absolute atomic E-state index is 0.107. The van der Waals surface area contributed by atoms with E-state index in [4.69, 9.17) is 5.73 Å². The molecule has 3 nitrogen and oxygen atoms in total. The predicted molar refractivity (Wildman–Crippen MR) is 75.6 cm³/mol. The molecule has 100 valence electrons. The average Bonchev–Trinajstić information content (AvgIpc) is 2.27. The predicted octanol–water partition coefficient (Wildman–Crippen LogP) is 2.01. The minimum atomic E-state index is -0.807. The van der Waals surface area contributed by atoms with Gasteiger partial charge in [0, 0.05) is 6.54 Å². The number of hydrogen-bond donors (Lipinski definition) is 2. The van der Waals surface area contributed by atoms with Crippen LogP contribution in [0.2, 0.25) is 0 Å². The molecule has 1 aromatic carbocycles. The van der Waals surface area contributed by atoms with E-state index >= 15 is 0 Å². The summed E-state index contributed by atoms with van der Waals surface area (Å²) in [4.78, 5) is 11.6. The highest BCUT2D eigenvalue weighted by Gasteiger charge is 2.20. The van der Waals surface area contributed by atoms with Gasteiger partial charge in [-0.2, -0.15) is 0 Å². The van der Waals surface area contributed by atoms with Crippen molar-refractivity contribution in [3.8, 4) is 0 Å². The van der Waals surface area contributed by atoms with Gasteiger partial charge in [-0.15, -0.1) is 0 Å². The topological polar surface area (TPSA) is 55.1 Å². The summed E-state index contributed by atoms with van der Waals surface area (Å²) < 4.78 is 0. The molecule has 0 saturated carbocycles. The number of amides is 1. The van der Waals surface area contributed by atoms with E-state index in [-0.39, 0.29) is 5.91 Å². The summed E-state index contributed by atoms with van der Waals surface area (Å²) in [6.45, 7) is 10.4. The van der Waals surface area contributed by atoms with E-state index in [1.807, 2.05) is 0 Å². The fourth-order valence-electron chi connectivity index (χ4n) is 1.82. The first kappa shape index (κ1) is 14.7. The van der Waals surface area contributed by atoms with Gasteiger partial charge < -0.3 is 11.1 Å². The third-order valence-corrected chi connectivity index (χ3v) is 3.44. The summed E-state index contributed by atoms with van der Waals surface area (Å²) in [7, 11) is 0. The summed E-state index contributed by atoms with van der Waals surface area (Å²) in [5.74, 6) is -0.107. The maximum Gasteiger partial charge on any atom is 0.239 e. The molecule has 1 aromatic rings. The molecule has 0 bridgehead atoms. The SMILES string of the molecule is Cc1ccc(CCNC(=O)C(C)(C)N)c(C)c1C. The van der Waals surface area contributed by atoms with Crippen LogP contribution in [0.5, 0.6) is 0 Å². The zero-order chi connectivity index (χ0) is 13.9. The van der Waals surface area contributed by atoms with Crippen LogP contribution in [-0.2, 0) is 11.2 Å². The van der Waals surface area contributed by atoms with Crippen molar-refractivity contribution in [1.82, 2.24) is 5.32 Å². The lowest BCUT2D eigenvalue weighted by Crippen LogP contribution is -2.49. The maximum atomic E-state index is 11.6. The van der Waals surface area contributed by atoms with Crippen molar-refractivity contribution in [3.63, 3.8) is 0 Å². The van der Waals surface area contributed by atoms with Gasteiger partial charge in [-0.05, 0) is 63.3 Å². The Morgan fingerprint density at radius 2 is 1.83 bits per heavy atom. The molecular formula is C15H24N2O. The van der Waals surface area contributed by atoms with Crippen LogP contribution >= 0.6 is 0 Å². The van der Waals surface area contributed by atoms with E-state index in [1.165, 1.54) is 22.3 Å². The first-order chi connectivity index (χ1) is 8.23. The van der Waals surface area contributed by atoms with E-state index in [0.717, 1.165) is 6.42 Å². The second kappa shape index (κ2) is 5.53. The molecule has 0 heterocycles. The third kappa shape index (κ3) is 3.57. The van der Waals surface area contributed by atoms with Crippen molar-refractivity contribution in [2.75, 3.05) is 6.54 Å². The number of hydrogen-bond acceptors (Lipinski definition) is 2. The first-order valence-electron chi connectivity index (χ1n) is 6.36. The highest BCUT2D eigenvalue weighted by molar-refractivity contribution is 5.85. The third-order valence-electron chi connectivity index (χ3n) is 3.44. The Labute approximate surface area is 110 Å². The molecule has 0 radical (unpaired) electrons. The van der Waals surface area contributed by atoms with Crippen LogP contribution in [0.1, 0.15) is 36.1 Å². The highest BCUT2D eigenvalue weighted by atomic mass is 16.2. The van der Waals surface area contributed by atoms with Crippen molar-refractivity contribution in [1.29, 1.82) is 0 Å². The number of nitrogens with two attached hydrogens (primary N) is 1. The normalized spacial score (nSPS) is 11.4. The second-order valence-corrected chi connectivity index (χ2v) is 5.52. The van der Waals surface area contributed by atoms with Crippen LogP contribution in [0.15, 0.2) is 12.1 Å². The summed E-state index contributed by atoms with van der Waals surface area (Å²) in [5.41, 5.74) is 10.2. The highest BCUT2D eigenvalue weighted by Crippen LogP contribution is 2.17. The Hall–Kier alpha value is -1.35. The molecule has 0 aliphatic heterocycles. The van der Waals surface area contributed by atoms with Gasteiger partial charge in [0.05, 0.1) is 5.54 Å². The number of nitrogens with one attached hydrogen (secondary N) is 1. The van der Waals surface area contributed by atoms with Crippen LogP contribution < -0.4 is 11.1 Å². The summed E-state index contributed by atoms with van der Waals surface area (Å²) in [6.07, 6.45) is 0.842. The lowest BCUT2D eigenvalue weighted by Gasteiger charge is -2.18. The molecule has 0 aromatic heterocycles. The van der Waals surface area contributed by atoms with Crippen LogP contribution in [0, 0.1) is 20.8 Å². The summed E-state index contributed by atoms with van der Waals surface area (Å²) in [5, 5.41) is 2.87. The zero-order valence-electron chi connectivity index (χ0n) is 12.1. The molecule has 18 heavy (non-hydrogen) atoms. The molecule has 0 aliphatic carbocycles. The van der Waals surface area contributed by atoms with E-state index < -0.39 is 5.54 Å². The average molecular weight is 248 g/mol. The molecule has 0 atom stereocenters. The molecule has 1 rings (SSSR count). The lowest BCUT2D eigenvalue weighted by atomic mass is 9.97. The Kier molecular flexibility index (Phi) is 4.52. The van der Waals surface area contributed by atoms with E-state index in [2.05, 4.69) is 38.2 Å².